The average Bonchev–Trinajstić information content (AvgIpc) is 2.61. The van der Waals surface area contributed by atoms with Gasteiger partial charge in [-0.25, -0.2) is 0 Å². The number of hydrogen-bond donors (Lipinski definition) is 0. The second-order valence-electron chi connectivity index (χ2n) is 7.89. The lowest BCUT2D eigenvalue weighted by Gasteiger charge is -2.30. The van der Waals surface area contributed by atoms with E-state index in [9.17, 15) is 5.11 Å². The molecule has 0 rings (SSSR count). The van der Waals surface area contributed by atoms with Gasteiger partial charge in [-0.2, -0.15) is 10.5 Å². The summed E-state index contributed by atoms with van der Waals surface area (Å²) in [4.78, 5) is 0. The van der Waals surface area contributed by atoms with Crippen LogP contribution in [0, 0.1) is 28.6 Å². The Morgan fingerprint density at radius 3 is 1.77 bits per heavy atom. The Kier molecular flexibility index (Phi) is 15.4. The van der Waals surface area contributed by atoms with E-state index in [1.807, 2.05) is 0 Å². The number of rotatable bonds is 17. The van der Waals surface area contributed by atoms with Gasteiger partial charge in [0.1, 0.15) is 5.92 Å². The molecular weight excluding hydrogens is 326 g/mol. The van der Waals surface area contributed by atoms with Crippen molar-refractivity contribution in [1.29, 1.82) is 10.5 Å². The Labute approximate surface area is 161 Å². The quantitative estimate of drug-likeness (QED) is 0.223. The number of nitriles is 2. The fourth-order valence-electron chi connectivity index (χ4n) is 3.08. The molecule has 0 aromatic rings. The summed E-state index contributed by atoms with van der Waals surface area (Å²) >= 11 is 0. The van der Waals surface area contributed by atoms with E-state index in [4.69, 9.17) is 15.3 Å². The first-order valence-electron chi connectivity index (χ1n) is 10.4. The third-order valence-corrected chi connectivity index (χ3v) is 4.86. The number of quaternary nitrogens is 1. The summed E-state index contributed by atoms with van der Waals surface area (Å²) in [6.45, 7) is 4.64. The molecule has 0 fully saturated rings. The first-order chi connectivity index (χ1) is 12.5. The third-order valence-electron chi connectivity index (χ3n) is 4.86. The molecule has 1 atom stereocenters. The van der Waals surface area contributed by atoms with Crippen molar-refractivity contribution in [2.45, 2.75) is 83.8 Å². The number of nitrogens with zero attached hydrogens (tertiary/aromatic N) is 3. The van der Waals surface area contributed by atoms with Crippen molar-refractivity contribution in [2.75, 3.05) is 33.8 Å². The van der Waals surface area contributed by atoms with Gasteiger partial charge in [0.2, 0.25) is 0 Å². The van der Waals surface area contributed by atoms with Gasteiger partial charge < -0.3 is 14.3 Å². The fraction of sp³-hybridized carbons (Fsp3) is 0.905. The Morgan fingerprint density at radius 1 is 0.808 bits per heavy atom. The molecule has 5 nitrogen and oxygen atoms in total. The zero-order chi connectivity index (χ0) is 19.7. The Bertz CT molecular complexity index is 398. The summed E-state index contributed by atoms with van der Waals surface area (Å²) in [5, 5.41) is 28.8. The normalized spacial score (nSPS) is 12.7. The van der Waals surface area contributed by atoms with E-state index in [2.05, 4.69) is 21.0 Å². The molecule has 0 N–H and O–H groups in total. The summed E-state index contributed by atoms with van der Waals surface area (Å²) in [5.41, 5.74) is 0. The second kappa shape index (κ2) is 16.1. The topological polar surface area (TPSA) is 79.9 Å². The Morgan fingerprint density at radius 2 is 1.27 bits per heavy atom. The van der Waals surface area contributed by atoms with E-state index in [0.29, 0.717) is 6.61 Å². The zero-order valence-electron chi connectivity index (χ0n) is 17.2. The van der Waals surface area contributed by atoms with Crippen LogP contribution in [0.5, 0.6) is 0 Å². The molecule has 0 aliphatic heterocycles. The molecule has 0 saturated carbocycles. The highest BCUT2D eigenvalue weighted by atomic mass is 16.6. The highest BCUT2D eigenvalue weighted by Crippen LogP contribution is 2.12. The zero-order valence-corrected chi connectivity index (χ0v) is 17.2. The molecule has 5 heteroatoms. The maximum atomic E-state index is 11.5. The Hall–Kier alpha value is -1.14. The Balaban J connectivity index is 3.59. The maximum absolute atomic E-state index is 11.5. The van der Waals surface area contributed by atoms with E-state index >= 15 is 0 Å². The van der Waals surface area contributed by atoms with Crippen LogP contribution >= 0.6 is 0 Å². The van der Waals surface area contributed by atoms with Gasteiger partial charge in [-0.3, -0.25) is 0 Å². The van der Waals surface area contributed by atoms with Gasteiger partial charge in [0.15, 0.2) is 0 Å². The predicted molar refractivity (Wildman–Crippen MR) is 103 cm³/mol. The molecule has 0 radical (unpaired) electrons. The van der Waals surface area contributed by atoms with Crippen LogP contribution in [0.1, 0.15) is 77.6 Å². The molecule has 0 aliphatic rings. The summed E-state index contributed by atoms with van der Waals surface area (Å²) in [7, 11) is 4.41. The molecular formula is C21H39N3O2. The monoisotopic (exact) mass is 365 g/mol. The molecule has 0 saturated heterocycles. The number of ether oxygens (including phenoxy) is 1. The van der Waals surface area contributed by atoms with Crippen LogP contribution in [0.25, 0.3) is 0 Å². The van der Waals surface area contributed by atoms with Crippen LogP contribution in [0.4, 0.5) is 0 Å². The third kappa shape index (κ3) is 14.1. The van der Waals surface area contributed by atoms with E-state index in [1.165, 1.54) is 64.2 Å². The van der Waals surface area contributed by atoms with Gasteiger partial charge in [0, 0.05) is 12.7 Å². The summed E-state index contributed by atoms with van der Waals surface area (Å²) < 4.78 is 6.00. The van der Waals surface area contributed by atoms with Gasteiger partial charge in [0.05, 0.1) is 45.9 Å². The van der Waals surface area contributed by atoms with Crippen LogP contribution in [0.2, 0.25) is 0 Å². The lowest BCUT2D eigenvalue weighted by Crippen LogP contribution is -2.42. The lowest BCUT2D eigenvalue weighted by molar-refractivity contribution is -0.890. The van der Waals surface area contributed by atoms with Crippen LogP contribution in [0.15, 0.2) is 0 Å². The molecule has 0 bridgehead atoms. The molecule has 0 amide bonds. The van der Waals surface area contributed by atoms with Crippen molar-refractivity contribution in [3.05, 3.63) is 0 Å². The standard InChI is InChI=1S/C21H39N3O2/c1-4-5-6-7-8-9-10-11-12-13-15-24(2,3)16-14-17-26-21(25)20(18-22)19-23/h20-21H,4-17H2,1-3H3. The van der Waals surface area contributed by atoms with Gasteiger partial charge in [-0.15, -0.1) is 0 Å². The largest absolute Gasteiger partial charge is 0.829 e. The maximum Gasteiger partial charge on any atom is 0.144 e. The highest BCUT2D eigenvalue weighted by molar-refractivity contribution is 5.00. The van der Waals surface area contributed by atoms with E-state index in [0.717, 1.165) is 24.0 Å². The molecule has 150 valence electrons. The van der Waals surface area contributed by atoms with Crippen molar-refractivity contribution in [1.82, 2.24) is 0 Å². The molecule has 0 spiro atoms. The van der Waals surface area contributed by atoms with Crippen LogP contribution in [-0.4, -0.2) is 44.6 Å². The fourth-order valence-corrected chi connectivity index (χ4v) is 3.08. The molecule has 0 aliphatic carbocycles. The highest BCUT2D eigenvalue weighted by Gasteiger charge is 2.15. The van der Waals surface area contributed by atoms with Crippen LogP contribution < -0.4 is 5.11 Å². The van der Waals surface area contributed by atoms with Crippen molar-refractivity contribution < 1.29 is 14.3 Å². The van der Waals surface area contributed by atoms with Gasteiger partial charge in [0.25, 0.3) is 0 Å². The van der Waals surface area contributed by atoms with Crippen LogP contribution in [-0.2, 0) is 4.74 Å². The lowest BCUT2D eigenvalue weighted by atomic mass is 10.1. The van der Waals surface area contributed by atoms with Crippen molar-refractivity contribution in [2.24, 2.45) is 5.92 Å². The summed E-state index contributed by atoms with van der Waals surface area (Å²) in [6.07, 6.45) is 12.7. The molecule has 0 aromatic heterocycles. The van der Waals surface area contributed by atoms with Gasteiger partial charge in [-0.05, 0) is 12.8 Å². The first kappa shape index (κ1) is 24.9. The number of unbranched alkanes of at least 4 members (excludes halogenated alkanes) is 9. The van der Waals surface area contributed by atoms with Gasteiger partial charge >= 0.3 is 0 Å². The minimum absolute atomic E-state index is 0.313. The van der Waals surface area contributed by atoms with Gasteiger partial charge in [-0.1, -0.05) is 58.3 Å². The SMILES string of the molecule is CCCCCCCCCCCC[N+](C)(C)CCCOC([O-])C(C#N)C#N. The molecule has 0 aromatic carbocycles. The molecule has 0 heterocycles. The minimum Gasteiger partial charge on any atom is -0.829 e. The second-order valence-corrected chi connectivity index (χ2v) is 7.89. The molecule has 26 heavy (non-hydrogen) atoms. The van der Waals surface area contributed by atoms with E-state index in [-0.39, 0.29) is 0 Å². The summed E-state index contributed by atoms with van der Waals surface area (Å²) in [6, 6.07) is 3.33. The van der Waals surface area contributed by atoms with Crippen molar-refractivity contribution in [3.63, 3.8) is 0 Å². The van der Waals surface area contributed by atoms with Crippen molar-refractivity contribution >= 4 is 0 Å². The van der Waals surface area contributed by atoms with Crippen molar-refractivity contribution in [3.8, 4) is 12.1 Å². The summed E-state index contributed by atoms with van der Waals surface area (Å²) in [5.74, 6) is -1.22. The first-order valence-corrected chi connectivity index (χ1v) is 10.4. The average molecular weight is 366 g/mol. The van der Waals surface area contributed by atoms with E-state index < -0.39 is 12.2 Å². The predicted octanol–water partition coefficient (Wildman–Crippen LogP) is 3.74. The smallest absolute Gasteiger partial charge is 0.144 e. The van der Waals surface area contributed by atoms with E-state index in [1.54, 1.807) is 12.1 Å². The minimum atomic E-state index is -1.55. The number of hydrogen-bond acceptors (Lipinski definition) is 4. The molecule has 1 unspecified atom stereocenters. The van der Waals surface area contributed by atoms with Crippen LogP contribution in [0.3, 0.4) is 0 Å².